The molecule has 23 heavy (non-hydrogen) atoms. The van der Waals surface area contributed by atoms with E-state index in [-0.39, 0.29) is 12.3 Å². The molecule has 0 aliphatic carbocycles. The molecule has 0 radical (unpaired) electrons. The second kappa shape index (κ2) is 7.09. The number of aliphatic carboxylic acids is 1. The summed E-state index contributed by atoms with van der Waals surface area (Å²) < 4.78 is 5.18. The Morgan fingerprint density at radius 2 is 2.04 bits per heavy atom. The SMILES string of the molecule is COc1ccc2cc(C(=O)N(C)CCCC(=O)O)c(C)nc2c1. The lowest BCUT2D eigenvalue weighted by Crippen LogP contribution is -2.29. The first kappa shape index (κ1) is 16.7. The maximum absolute atomic E-state index is 12.5. The van der Waals surface area contributed by atoms with Crippen LogP contribution in [0.1, 0.15) is 28.9 Å². The van der Waals surface area contributed by atoms with Crippen LogP contribution in [0.2, 0.25) is 0 Å². The molecule has 2 rings (SSSR count). The van der Waals surface area contributed by atoms with Crippen molar-refractivity contribution in [1.82, 2.24) is 9.88 Å². The summed E-state index contributed by atoms with van der Waals surface area (Å²) in [4.78, 5) is 29.1. The molecule has 1 heterocycles. The average Bonchev–Trinajstić information content (AvgIpc) is 2.52. The molecule has 0 saturated heterocycles. The molecule has 0 aliphatic heterocycles. The van der Waals surface area contributed by atoms with E-state index in [1.807, 2.05) is 24.3 Å². The number of pyridine rings is 1. The van der Waals surface area contributed by atoms with Crippen molar-refractivity contribution in [1.29, 1.82) is 0 Å². The largest absolute Gasteiger partial charge is 0.497 e. The van der Waals surface area contributed by atoms with E-state index in [4.69, 9.17) is 9.84 Å². The number of nitrogens with zero attached hydrogens (tertiary/aromatic N) is 2. The Balaban J connectivity index is 2.22. The molecule has 0 aliphatic rings. The number of hydrogen-bond donors (Lipinski definition) is 1. The monoisotopic (exact) mass is 316 g/mol. The van der Waals surface area contributed by atoms with Crippen molar-refractivity contribution in [3.8, 4) is 5.75 Å². The third kappa shape index (κ3) is 3.97. The van der Waals surface area contributed by atoms with Crippen molar-refractivity contribution in [3.63, 3.8) is 0 Å². The molecule has 1 aromatic carbocycles. The van der Waals surface area contributed by atoms with Gasteiger partial charge in [-0.3, -0.25) is 14.6 Å². The molecule has 122 valence electrons. The fourth-order valence-corrected chi connectivity index (χ4v) is 2.36. The Morgan fingerprint density at radius 3 is 2.70 bits per heavy atom. The van der Waals surface area contributed by atoms with Crippen molar-refractivity contribution in [3.05, 3.63) is 35.5 Å². The zero-order chi connectivity index (χ0) is 17.0. The molecule has 1 N–H and O–H groups in total. The van der Waals surface area contributed by atoms with Gasteiger partial charge in [-0.05, 0) is 31.5 Å². The second-order valence-corrected chi connectivity index (χ2v) is 5.40. The van der Waals surface area contributed by atoms with Crippen LogP contribution in [-0.2, 0) is 4.79 Å². The van der Waals surface area contributed by atoms with Gasteiger partial charge in [-0.25, -0.2) is 0 Å². The van der Waals surface area contributed by atoms with Crippen molar-refractivity contribution >= 4 is 22.8 Å². The standard InChI is InChI=1S/C17H20N2O4/c1-11-14(17(22)19(2)8-4-5-16(20)21)9-12-6-7-13(23-3)10-15(12)18-11/h6-7,9-10H,4-5,8H2,1-3H3,(H,20,21). The van der Waals surface area contributed by atoms with Gasteiger partial charge in [0.05, 0.1) is 23.9 Å². The van der Waals surface area contributed by atoms with E-state index in [1.165, 1.54) is 4.90 Å². The summed E-state index contributed by atoms with van der Waals surface area (Å²) in [6, 6.07) is 7.33. The molecular weight excluding hydrogens is 296 g/mol. The molecule has 0 atom stereocenters. The predicted molar refractivity (Wildman–Crippen MR) is 86.9 cm³/mol. The summed E-state index contributed by atoms with van der Waals surface area (Å²) in [7, 11) is 3.26. The maximum atomic E-state index is 12.5. The van der Waals surface area contributed by atoms with Crippen LogP contribution in [0.5, 0.6) is 5.75 Å². The van der Waals surface area contributed by atoms with Crippen LogP contribution in [0.25, 0.3) is 10.9 Å². The first-order valence-corrected chi connectivity index (χ1v) is 7.35. The molecule has 1 amide bonds. The number of carbonyl (C=O) groups is 2. The summed E-state index contributed by atoms with van der Waals surface area (Å²) >= 11 is 0. The van der Waals surface area contributed by atoms with Gasteiger partial charge in [-0.15, -0.1) is 0 Å². The van der Waals surface area contributed by atoms with Gasteiger partial charge >= 0.3 is 5.97 Å². The van der Waals surface area contributed by atoms with Crippen LogP contribution in [0.4, 0.5) is 0 Å². The van der Waals surface area contributed by atoms with Crippen LogP contribution in [0, 0.1) is 6.92 Å². The lowest BCUT2D eigenvalue weighted by molar-refractivity contribution is -0.137. The van der Waals surface area contributed by atoms with Crippen LogP contribution in [0.3, 0.4) is 0 Å². The van der Waals surface area contributed by atoms with Gasteiger partial charge in [-0.1, -0.05) is 0 Å². The number of methoxy groups -OCH3 is 1. The van der Waals surface area contributed by atoms with E-state index >= 15 is 0 Å². The summed E-state index contributed by atoms with van der Waals surface area (Å²) in [6.07, 6.45) is 0.473. The minimum atomic E-state index is -0.858. The number of carboxylic acids is 1. The predicted octanol–water partition coefficient (Wildman–Crippen LogP) is 2.49. The number of benzene rings is 1. The van der Waals surface area contributed by atoms with Gasteiger partial charge < -0.3 is 14.7 Å². The number of aromatic nitrogens is 1. The Kier molecular flexibility index (Phi) is 5.16. The first-order chi connectivity index (χ1) is 10.9. The highest BCUT2D eigenvalue weighted by molar-refractivity contribution is 5.98. The molecule has 1 aromatic heterocycles. The Morgan fingerprint density at radius 1 is 1.30 bits per heavy atom. The number of amides is 1. The highest BCUT2D eigenvalue weighted by Crippen LogP contribution is 2.22. The molecule has 0 spiro atoms. The van der Waals surface area contributed by atoms with Gasteiger partial charge in [0.2, 0.25) is 0 Å². The summed E-state index contributed by atoms with van der Waals surface area (Å²) in [5.74, 6) is -0.296. The number of aryl methyl sites for hydroxylation is 1. The lowest BCUT2D eigenvalue weighted by Gasteiger charge is -2.18. The van der Waals surface area contributed by atoms with Crippen LogP contribution >= 0.6 is 0 Å². The molecule has 0 bridgehead atoms. The number of carbonyl (C=O) groups excluding carboxylic acids is 1. The zero-order valence-electron chi connectivity index (χ0n) is 13.5. The van der Waals surface area contributed by atoms with E-state index in [9.17, 15) is 9.59 Å². The third-order valence-electron chi connectivity index (χ3n) is 3.68. The zero-order valence-corrected chi connectivity index (χ0v) is 13.5. The van der Waals surface area contributed by atoms with E-state index in [0.29, 0.717) is 30.0 Å². The van der Waals surface area contributed by atoms with Gasteiger partial charge in [0, 0.05) is 31.5 Å². The van der Waals surface area contributed by atoms with Crippen molar-refractivity contribution in [2.45, 2.75) is 19.8 Å². The number of fused-ring (bicyclic) bond motifs is 1. The fraction of sp³-hybridized carbons (Fsp3) is 0.353. The van der Waals surface area contributed by atoms with Crippen LogP contribution in [-0.4, -0.2) is 47.6 Å². The smallest absolute Gasteiger partial charge is 0.303 e. The first-order valence-electron chi connectivity index (χ1n) is 7.35. The summed E-state index contributed by atoms with van der Waals surface area (Å²) in [5, 5.41) is 9.52. The fourth-order valence-electron chi connectivity index (χ4n) is 2.36. The number of rotatable bonds is 6. The second-order valence-electron chi connectivity index (χ2n) is 5.40. The highest BCUT2D eigenvalue weighted by Gasteiger charge is 2.16. The van der Waals surface area contributed by atoms with Crippen molar-refractivity contribution in [2.75, 3.05) is 20.7 Å². The molecule has 0 saturated carbocycles. The molecule has 0 unspecified atom stereocenters. The van der Waals surface area contributed by atoms with E-state index in [2.05, 4.69) is 4.98 Å². The minimum absolute atomic E-state index is 0.0480. The van der Waals surface area contributed by atoms with Crippen LogP contribution < -0.4 is 4.74 Å². The Bertz CT molecular complexity index is 743. The Labute approximate surface area is 134 Å². The quantitative estimate of drug-likeness (QED) is 0.885. The van der Waals surface area contributed by atoms with Gasteiger partial charge in [0.15, 0.2) is 0 Å². The van der Waals surface area contributed by atoms with E-state index in [1.54, 1.807) is 21.1 Å². The molecule has 6 nitrogen and oxygen atoms in total. The van der Waals surface area contributed by atoms with Crippen molar-refractivity contribution in [2.24, 2.45) is 0 Å². The molecular formula is C17H20N2O4. The lowest BCUT2D eigenvalue weighted by atomic mass is 10.1. The normalized spacial score (nSPS) is 10.6. The number of carboxylic acid groups (broad SMARTS) is 1. The number of hydrogen-bond acceptors (Lipinski definition) is 4. The van der Waals surface area contributed by atoms with Crippen molar-refractivity contribution < 1.29 is 19.4 Å². The Hall–Kier alpha value is -2.63. The van der Waals surface area contributed by atoms with Gasteiger partial charge in [-0.2, -0.15) is 0 Å². The average molecular weight is 316 g/mol. The van der Waals surface area contributed by atoms with Gasteiger partial charge in [0.1, 0.15) is 5.75 Å². The molecule has 2 aromatic rings. The molecule has 0 fully saturated rings. The highest BCUT2D eigenvalue weighted by atomic mass is 16.5. The van der Waals surface area contributed by atoms with E-state index < -0.39 is 5.97 Å². The third-order valence-corrected chi connectivity index (χ3v) is 3.68. The maximum Gasteiger partial charge on any atom is 0.303 e. The van der Waals surface area contributed by atoms with Gasteiger partial charge in [0.25, 0.3) is 5.91 Å². The number of ether oxygens (including phenoxy) is 1. The van der Waals surface area contributed by atoms with E-state index in [0.717, 1.165) is 10.9 Å². The summed E-state index contributed by atoms with van der Waals surface area (Å²) in [5.41, 5.74) is 1.94. The van der Waals surface area contributed by atoms with Crippen LogP contribution in [0.15, 0.2) is 24.3 Å². The summed E-state index contributed by atoms with van der Waals surface area (Å²) in [6.45, 7) is 2.18. The minimum Gasteiger partial charge on any atom is -0.497 e. The molecule has 6 heteroatoms. The topological polar surface area (TPSA) is 79.7 Å².